The van der Waals surface area contributed by atoms with Crippen molar-refractivity contribution in [1.29, 1.82) is 0 Å². The lowest BCUT2D eigenvalue weighted by Crippen LogP contribution is -2.39. The maximum Gasteiger partial charge on any atom is 0.0101 e. The minimum atomic E-state index is 0.790. The first-order chi connectivity index (χ1) is 8.74. The van der Waals surface area contributed by atoms with E-state index in [-0.39, 0.29) is 0 Å². The van der Waals surface area contributed by atoms with Gasteiger partial charge in [0.1, 0.15) is 0 Å². The number of aryl methyl sites for hydroxylation is 1. The summed E-state index contributed by atoms with van der Waals surface area (Å²) in [5.74, 6) is 0.790. The van der Waals surface area contributed by atoms with E-state index >= 15 is 0 Å². The van der Waals surface area contributed by atoms with Gasteiger partial charge in [-0.15, -0.1) is 0 Å². The van der Waals surface area contributed by atoms with Crippen LogP contribution in [0.4, 0.5) is 0 Å². The van der Waals surface area contributed by atoms with Gasteiger partial charge in [-0.2, -0.15) is 0 Å². The molecule has 2 fully saturated rings. The number of benzene rings is 1. The Kier molecular flexibility index (Phi) is 3.25. The smallest absolute Gasteiger partial charge is 0.0101 e. The lowest BCUT2D eigenvalue weighted by molar-refractivity contribution is 0.152. The maximum atomic E-state index is 2.61. The van der Waals surface area contributed by atoms with Gasteiger partial charge >= 0.3 is 0 Å². The van der Waals surface area contributed by atoms with Crippen LogP contribution in [-0.4, -0.2) is 24.0 Å². The Balaban J connectivity index is 1.69. The molecule has 0 saturated carbocycles. The van der Waals surface area contributed by atoms with Crippen molar-refractivity contribution in [2.45, 2.75) is 44.7 Å². The molecule has 3 atom stereocenters. The van der Waals surface area contributed by atoms with E-state index in [1.807, 2.05) is 0 Å². The number of nitrogens with zero attached hydrogens (tertiary/aromatic N) is 1. The fourth-order valence-electron chi connectivity index (χ4n) is 3.62. The first-order valence-electron chi connectivity index (χ1n) is 7.20. The van der Waals surface area contributed by atoms with Gasteiger partial charge in [0.2, 0.25) is 0 Å². The van der Waals surface area contributed by atoms with Gasteiger partial charge in [-0.3, -0.25) is 0 Å². The van der Waals surface area contributed by atoms with E-state index in [1.54, 1.807) is 0 Å². The fourth-order valence-corrected chi connectivity index (χ4v) is 3.62. The van der Waals surface area contributed by atoms with Crippen LogP contribution in [-0.2, 0) is 0 Å². The van der Waals surface area contributed by atoms with Crippen LogP contribution in [0.3, 0.4) is 0 Å². The standard InChI is InChI=1S/C17H23N/c1-13-5-3-4-6-15(13)8-7-14-11-16-9-10-17(12-14)18(16)2/h3-8,14,16-17H,9-12H2,1-2H3/b8-7+/t14?,16-,17+. The predicted molar refractivity (Wildman–Crippen MR) is 77.5 cm³/mol. The molecular weight excluding hydrogens is 218 g/mol. The van der Waals surface area contributed by atoms with Crippen molar-refractivity contribution in [3.05, 3.63) is 41.5 Å². The average molecular weight is 241 g/mol. The number of piperidine rings is 1. The number of fused-ring (bicyclic) bond motifs is 2. The van der Waals surface area contributed by atoms with E-state index in [2.05, 4.69) is 55.3 Å². The molecule has 18 heavy (non-hydrogen) atoms. The lowest BCUT2D eigenvalue weighted by Gasteiger charge is -2.35. The highest BCUT2D eigenvalue weighted by Gasteiger charge is 2.37. The van der Waals surface area contributed by atoms with Gasteiger partial charge in [0.15, 0.2) is 0 Å². The molecule has 1 unspecified atom stereocenters. The molecule has 2 heterocycles. The zero-order chi connectivity index (χ0) is 12.5. The molecule has 2 aliphatic rings. The Morgan fingerprint density at radius 2 is 1.78 bits per heavy atom. The van der Waals surface area contributed by atoms with E-state index < -0.39 is 0 Å². The molecule has 2 bridgehead atoms. The highest BCUT2D eigenvalue weighted by atomic mass is 15.2. The molecule has 0 radical (unpaired) electrons. The second-order valence-corrected chi connectivity index (χ2v) is 6.00. The average Bonchev–Trinajstić information content (AvgIpc) is 2.62. The predicted octanol–water partition coefficient (Wildman–Crippen LogP) is 3.88. The molecule has 1 aromatic rings. The van der Waals surface area contributed by atoms with Crippen molar-refractivity contribution in [2.24, 2.45) is 5.92 Å². The molecule has 96 valence electrons. The van der Waals surface area contributed by atoms with E-state index in [9.17, 15) is 0 Å². The van der Waals surface area contributed by atoms with Crippen LogP contribution in [0.2, 0.25) is 0 Å². The second-order valence-electron chi connectivity index (χ2n) is 6.00. The Morgan fingerprint density at radius 3 is 2.44 bits per heavy atom. The van der Waals surface area contributed by atoms with Crippen molar-refractivity contribution in [3.63, 3.8) is 0 Å². The summed E-state index contributed by atoms with van der Waals surface area (Å²) in [5, 5.41) is 0. The van der Waals surface area contributed by atoms with Crippen molar-refractivity contribution >= 4 is 6.08 Å². The summed E-state index contributed by atoms with van der Waals surface area (Å²) in [4.78, 5) is 2.61. The minimum absolute atomic E-state index is 0.790. The molecule has 0 aromatic heterocycles. The van der Waals surface area contributed by atoms with Crippen molar-refractivity contribution in [3.8, 4) is 0 Å². The van der Waals surface area contributed by atoms with Gasteiger partial charge in [0, 0.05) is 12.1 Å². The molecule has 0 amide bonds. The third-order valence-corrected chi connectivity index (χ3v) is 4.87. The number of rotatable bonds is 2. The normalized spacial score (nSPS) is 32.2. The van der Waals surface area contributed by atoms with Crippen LogP contribution < -0.4 is 0 Å². The van der Waals surface area contributed by atoms with Crippen LogP contribution in [0, 0.1) is 12.8 Å². The molecule has 0 aliphatic carbocycles. The van der Waals surface area contributed by atoms with Gasteiger partial charge in [-0.05, 0) is 56.7 Å². The summed E-state index contributed by atoms with van der Waals surface area (Å²) in [7, 11) is 2.31. The van der Waals surface area contributed by atoms with E-state index in [1.165, 1.54) is 36.8 Å². The van der Waals surface area contributed by atoms with Gasteiger partial charge < -0.3 is 4.90 Å². The Labute approximate surface area is 111 Å². The van der Waals surface area contributed by atoms with Gasteiger partial charge in [0.05, 0.1) is 0 Å². The molecule has 2 aliphatic heterocycles. The molecule has 3 rings (SSSR count). The van der Waals surface area contributed by atoms with Crippen LogP contribution in [0.25, 0.3) is 6.08 Å². The monoisotopic (exact) mass is 241 g/mol. The zero-order valence-corrected chi connectivity index (χ0v) is 11.5. The van der Waals surface area contributed by atoms with Crippen molar-refractivity contribution < 1.29 is 0 Å². The van der Waals surface area contributed by atoms with Crippen LogP contribution >= 0.6 is 0 Å². The highest BCUT2D eigenvalue weighted by molar-refractivity contribution is 5.53. The molecule has 1 heteroatoms. The van der Waals surface area contributed by atoms with E-state index in [0.717, 1.165) is 18.0 Å². The first kappa shape index (κ1) is 12.0. The quantitative estimate of drug-likeness (QED) is 0.759. The number of allylic oxidation sites excluding steroid dienone is 1. The van der Waals surface area contributed by atoms with Gasteiger partial charge in [-0.1, -0.05) is 36.4 Å². The summed E-state index contributed by atoms with van der Waals surface area (Å²) < 4.78 is 0. The molecular formula is C17H23N. The summed E-state index contributed by atoms with van der Waals surface area (Å²) >= 11 is 0. The Bertz CT molecular complexity index is 435. The second kappa shape index (κ2) is 4.89. The summed E-state index contributed by atoms with van der Waals surface area (Å²) in [6.07, 6.45) is 10.3. The third kappa shape index (κ3) is 2.24. The Morgan fingerprint density at radius 1 is 1.11 bits per heavy atom. The van der Waals surface area contributed by atoms with Crippen LogP contribution in [0.15, 0.2) is 30.3 Å². The molecule has 2 saturated heterocycles. The largest absolute Gasteiger partial charge is 0.300 e. The summed E-state index contributed by atoms with van der Waals surface area (Å²) in [5.41, 5.74) is 2.76. The van der Waals surface area contributed by atoms with Crippen LogP contribution in [0.5, 0.6) is 0 Å². The van der Waals surface area contributed by atoms with Crippen LogP contribution in [0.1, 0.15) is 36.8 Å². The topological polar surface area (TPSA) is 3.24 Å². The zero-order valence-electron chi connectivity index (χ0n) is 11.5. The number of hydrogen-bond donors (Lipinski definition) is 0. The summed E-state index contributed by atoms with van der Waals surface area (Å²) in [6.45, 7) is 2.19. The molecule has 0 N–H and O–H groups in total. The molecule has 1 aromatic carbocycles. The maximum absolute atomic E-state index is 2.61. The first-order valence-corrected chi connectivity index (χ1v) is 7.20. The molecule has 1 nitrogen and oxygen atoms in total. The Hall–Kier alpha value is -1.08. The third-order valence-electron chi connectivity index (χ3n) is 4.87. The number of hydrogen-bond acceptors (Lipinski definition) is 1. The summed E-state index contributed by atoms with van der Waals surface area (Å²) in [6, 6.07) is 10.3. The lowest BCUT2D eigenvalue weighted by atomic mass is 9.90. The van der Waals surface area contributed by atoms with Gasteiger partial charge in [0.25, 0.3) is 0 Å². The van der Waals surface area contributed by atoms with Crippen molar-refractivity contribution in [1.82, 2.24) is 4.90 Å². The van der Waals surface area contributed by atoms with E-state index in [0.29, 0.717) is 0 Å². The highest BCUT2D eigenvalue weighted by Crippen LogP contribution is 2.38. The van der Waals surface area contributed by atoms with Gasteiger partial charge in [-0.25, -0.2) is 0 Å². The van der Waals surface area contributed by atoms with Crippen molar-refractivity contribution in [2.75, 3.05) is 7.05 Å². The molecule has 0 spiro atoms. The minimum Gasteiger partial charge on any atom is -0.300 e. The van der Waals surface area contributed by atoms with E-state index in [4.69, 9.17) is 0 Å². The fraction of sp³-hybridized carbons (Fsp3) is 0.529. The SMILES string of the molecule is Cc1ccccc1/C=C/C1C[C@H]2CC[C@@H](C1)N2C.